The van der Waals surface area contributed by atoms with Gasteiger partial charge < -0.3 is 15.3 Å². The molecule has 1 aliphatic rings. The third-order valence-electron chi connectivity index (χ3n) is 4.38. The van der Waals surface area contributed by atoms with Gasteiger partial charge in [0, 0.05) is 19.5 Å². The molecule has 1 rings (SSSR count). The van der Waals surface area contributed by atoms with Crippen LogP contribution in [-0.4, -0.2) is 47.1 Å². The molecule has 2 N–H and O–H groups in total. The maximum absolute atomic E-state index is 12.4. The van der Waals surface area contributed by atoms with Crippen molar-refractivity contribution in [1.82, 2.24) is 10.2 Å². The third kappa shape index (κ3) is 4.47. The average Bonchev–Trinajstić information content (AvgIpc) is 2.38. The molecule has 0 saturated heterocycles. The van der Waals surface area contributed by atoms with E-state index in [1.165, 1.54) is 0 Å². The molecular weight excluding hydrogens is 256 g/mol. The lowest BCUT2D eigenvalue weighted by Gasteiger charge is -2.44. The second-order valence-electron chi connectivity index (χ2n) is 5.97. The second-order valence-corrected chi connectivity index (χ2v) is 5.97. The van der Waals surface area contributed by atoms with Crippen LogP contribution >= 0.6 is 0 Å². The lowest BCUT2D eigenvalue weighted by atomic mass is 9.78. The van der Waals surface area contributed by atoms with Crippen molar-refractivity contribution in [3.05, 3.63) is 0 Å². The zero-order valence-corrected chi connectivity index (χ0v) is 12.9. The predicted molar refractivity (Wildman–Crippen MR) is 78.6 cm³/mol. The van der Waals surface area contributed by atoms with Crippen LogP contribution in [0, 0.1) is 0 Å². The fourth-order valence-electron chi connectivity index (χ4n) is 3.21. The average molecular weight is 284 g/mol. The second kappa shape index (κ2) is 7.62. The Morgan fingerprint density at radius 2 is 1.90 bits per heavy atom. The standard InChI is InChI=1S/C15H28N2O3/c1-4-16-12(2)10-13(18)17(3)15(11-14(19)20)8-6-5-7-9-15/h12,16H,4-11H2,1-3H3,(H,19,20). The van der Waals surface area contributed by atoms with E-state index in [-0.39, 0.29) is 18.4 Å². The highest BCUT2D eigenvalue weighted by Crippen LogP contribution is 2.36. The summed E-state index contributed by atoms with van der Waals surface area (Å²) in [6, 6.07) is 0.125. The Morgan fingerprint density at radius 3 is 2.40 bits per heavy atom. The largest absolute Gasteiger partial charge is 0.481 e. The Labute approximate surface area is 121 Å². The van der Waals surface area contributed by atoms with E-state index < -0.39 is 11.5 Å². The van der Waals surface area contributed by atoms with Crippen molar-refractivity contribution in [2.24, 2.45) is 0 Å². The SMILES string of the molecule is CCNC(C)CC(=O)N(C)C1(CC(=O)O)CCCCC1. The third-order valence-corrected chi connectivity index (χ3v) is 4.38. The molecule has 20 heavy (non-hydrogen) atoms. The van der Waals surface area contributed by atoms with Crippen LogP contribution < -0.4 is 5.32 Å². The fraction of sp³-hybridized carbons (Fsp3) is 0.867. The molecule has 1 atom stereocenters. The number of aliphatic carboxylic acids is 1. The van der Waals surface area contributed by atoms with E-state index in [9.17, 15) is 14.7 Å². The Hall–Kier alpha value is -1.10. The van der Waals surface area contributed by atoms with Crippen molar-refractivity contribution in [2.75, 3.05) is 13.6 Å². The first-order chi connectivity index (χ1) is 9.41. The van der Waals surface area contributed by atoms with Crippen molar-refractivity contribution in [3.63, 3.8) is 0 Å². The molecule has 0 spiro atoms. The molecule has 0 aliphatic heterocycles. The van der Waals surface area contributed by atoms with Crippen LogP contribution in [0.15, 0.2) is 0 Å². The molecular formula is C15H28N2O3. The molecule has 0 heterocycles. The monoisotopic (exact) mass is 284 g/mol. The number of rotatable bonds is 7. The Balaban J connectivity index is 2.74. The number of nitrogens with zero attached hydrogens (tertiary/aromatic N) is 1. The topological polar surface area (TPSA) is 69.6 Å². The van der Waals surface area contributed by atoms with Crippen molar-refractivity contribution in [2.45, 2.75) is 70.4 Å². The van der Waals surface area contributed by atoms with E-state index in [1.807, 2.05) is 13.8 Å². The van der Waals surface area contributed by atoms with Gasteiger partial charge >= 0.3 is 5.97 Å². The van der Waals surface area contributed by atoms with Crippen molar-refractivity contribution in [3.8, 4) is 0 Å². The number of carboxylic acids is 1. The molecule has 5 heteroatoms. The van der Waals surface area contributed by atoms with Gasteiger partial charge in [0.2, 0.25) is 5.91 Å². The molecule has 0 radical (unpaired) electrons. The van der Waals surface area contributed by atoms with Gasteiger partial charge in [0.15, 0.2) is 0 Å². The summed E-state index contributed by atoms with van der Waals surface area (Å²) in [7, 11) is 1.77. The quantitative estimate of drug-likeness (QED) is 0.750. The summed E-state index contributed by atoms with van der Waals surface area (Å²) >= 11 is 0. The zero-order chi connectivity index (χ0) is 15.2. The van der Waals surface area contributed by atoms with E-state index in [2.05, 4.69) is 5.32 Å². The summed E-state index contributed by atoms with van der Waals surface area (Å²) in [5.74, 6) is -0.770. The van der Waals surface area contributed by atoms with Crippen molar-refractivity contribution >= 4 is 11.9 Å². The molecule has 1 amide bonds. The van der Waals surface area contributed by atoms with Gasteiger partial charge in [-0.3, -0.25) is 9.59 Å². The van der Waals surface area contributed by atoms with Crippen LogP contribution in [-0.2, 0) is 9.59 Å². The van der Waals surface area contributed by atoms with Gasteiger partial charge in [-0.15, -0.1) is 0 Å². The first kappa shape index (κ1) is 17.0. The maximum atomic E-state index is 12.4. The Kier molecular flexibility index (Phi) is 6.46. The van der Waals surface area contributed by atoms with E-state index in [1.54, 1.807) is 11.9 Å². The van der Waals surface area contributed by atoms with Gasteiger partial charge in [-0.05, 0) is 26.3 Å². The summed E-state index contributed by atoms with van der Waals surface area (Å²) in [5.41, 5.74) is -0.479. The minimum absolute atomic E-state index is 0.0431. The zero-order valence-electron chi connectivity index (χ0n) is 12.9. The Morgan fingerprint density at radius 1 is 1.30 bits per heavy atom. The van der Waals surface area contributed by atoms with Crippen LogP contribution in [0.3, 0.4) is 0 Å². The van der Waals surface area contributed by atoms with Gasteiger partial charge in [0.25, 0.3) is 0 Å². The van der Waals surface area contributed by atoms with Gasteiger partial charge in [-0.1, -0.05) is 26.2 Å². The van der Waals surface area contributed by atoms with E-state index in [0.29, 0.717) is 6.42 Å². The lowest BCUT2D eigenvalue weighted by Crippen LogP contribution is -2.53. The number of hydrogen-bond donors (Lipinski definition) is 2. The highest BCUT2D eigenvalue weighted by molar-refractivity contribution is 5.78. The van der Waals surface area contributed by atoms with Crippen molar-refractivity contribution < 1.29 is 14.7 Å². The van der Waals surface area contributed by atoms with Crippen LogP contribution in [0.1, 0.15) is 58.8 Å². The summed E-state index contributed by atoms with van der Waals surface area (Å²) in [6.45, 7) is 4.83. The molecule has 1 aliphatic carbocycles. The van der Waals surface area contributed by atoms with Crippen LogP contribution in [0.5, 0.6) is 0 Å². The number of nitrogens with one attached hydrogen (secondary N) is 1. The van der Waals surface area contributed by atoms with Crippen LogP contribution in [0.2, 0.25) is 0 Å². The van der Waals surface area contributed by atoms with Crippen LogP contribution in [0.25, 0.3) is 0 Å². The van der Waals surface area contributed by atoms with Crippen molar-refractivity contribution in [1.29, 1.82) is 0 Å². The minimum Gasteiger partial charge on any atom is -0.481 e. The van der Waals surface area contributed by atoms with E-state index in [0.717, 1.165) is 38.6 Å². The molecule has 1 fully saturated rings. The van der Waals surface area contributed by atoms with E-state index >= 15 is 0 Å². The number of amides is 1. The maximum Gasteiger partial charge on any atom is 0.305 e. The molecule has 0 aromatic rings. The molecule has 1 unspecified atom stereocenters. The number of carboxylic acid groups (broad SMARTS) is 1. The number of carbonyl (C=O) groups is 2. The van der Waals surface area contributed by atoms with Gasteiger partial charge in [-0.2, -0.15) is 0 Å². The molecule has 0 aromatic heterocycles. The predicted octanol–water partition coefficient (Wildman–Crippen LogP) is 2.01. The Bertz CT molecular complexity index is 338. The van der Waals surface area contributed by atoms with Crippen LogP contribution in [0.4, 0.5) is 0 Å². The number of hydrogen-bond acceptors (Lipinski definition) is 3. The molecule has 1 saturated carbocycles. The summed E-state index contributed by atoms with van der Waals surface area (Å²) in [4.78, 5) is 25.3. The summed E-state index contributed by atoms with van der Waals surface area (Å²) < 4.78 is 0. The fourth-order valence-corrected chi connectivity index (χ4v) is 3.21. The first-order valence-electron chi connectivity index (χ1n) is 7.63. The molecule has 5 nitrogen and oxygen atoms in total. The highest BCUT2D eigenvalue weighted by atomic mass is 16.4. The molecule has 0 bridgehead atoms. The first-order valence-corrected chi connectivity index (χ1v) is 7.63. The minimum atomic E-state index is -0.814. The van der Waals surface area contributed by atoms with Gasteiger partial charge in [0.1, 0.15) is 0 Å². The summed E-state index contributed by atoms with van der Waals surface area (Å²) in [6.07, 6.45) is 5.24. The highest BCUT2D eigenvalue weighted by Gasteiger charge is 2.40. The number of carbonyl (C=O) groups excluding carboxylic acids is 1. The lowest BCUT2D eigenvalue weighted by molar-refractivity contribution is -0.146. The van der Waals surface area contributed by atoms with Gasteiger partial charge in [-0.25, -0.2) is 0 Å². The summed E-state index contributed by atoms with van der Waals surface area (Å²) in [5, 5.41) is 12.4. The van der Waals surface area contributed by atoms with E-state index in [4.69, 9.17) is 0 Å². The molecule has 0 aromatic carbocycles. The smallest absolute Gasteiger partial charge is 0.305 e. The van der Waals surface area contributed by atoms with Gasteiger partial charge in [0.05, 0.1) is 12.0 Å². The molecule has 116 valence electrons. The normalized spacial score (nSPS) is 19.4.